The molecule has 1 aromatic rings. The number of ether oxygens (including phenoxy) is 1. The van der Waals surface area contributed by atoms with Crippen LogP contribution in [0, 0.1) is 0 Å². The van der Waals surface area contributed by atoms with Crippen LogP contribution in [0.15, 0.2) is 23.3 Å². The monoisotopic (exact) mass is 298 g/mol. The van der Waals surface area contributed by atoms with Crippen LogP contribution < -0.4 is 4.74 Å². The first-order valence-corrected chi connectivity index (χ1v) is 6.51. The van der Waals surface area contributed by atoms with Gasteiger partial charge in [-0.15, -0.1) is 6.58 Å². The Kier molecular flexibility index (Phi) is 5.12. The fraction of sp³-hybridized carbons (Fsp3) is 0.538. The molecule has 3 nitrogen and oxygen atoms in total. The molecule has 0 saturated heterocycles. The molecule has 0 aliphatic heterocycles. The van der Waals surface area contributed by atoms with Gasteiger partial charge in [0.1, 0.15) is 10.4 Å². The lowest BCUT2D eigenvalue weighted by Crippen LogP contribution is -2.16. The van der Waals surface area contributed by atoms with Crippen molar-refractivity contribution in [3.05, 3.63) is 29.1 Å². The van der Waals surface area contributed by atoms with Crippen LogP contribution in [0.5, 0.6) is 5.88 Å². The number of hydrogen-bond donors (Lipinski definition) is 0. The lowest BCUT2D eigenvalue weighted by Gasteiger charge is -2.17. The van der Waals surface area contributed by atoms with Gasteiger partial charge >= 0.3 is 0 Å². The molecule has 0 amide bonds. The lowest BCUT2D eigenvalue weighted by molar-refractivity contribution is 0.296. The molecule has 0 spiro atoms. The highest BCUT2D eigenvalue weighted by Gasteiger charge is 2.19. The molecular formula is C13H19BrN2O. The van der Waals surface area contributed by atoms with Gasteiger partial charge in [-0.05, 0) is 28.8 Å². The summed E-state index contributed by atoms with van der Waals surface area (Å²) < 4.78 is 6.36. The second-order valence-electron chi connectivity index (χ2n) is 4.88. The average Bonchev–Trinajstić information content (AvgIpc) is 2.22. The first-order valence-electron chi connectivity index (χ1n) is 5.72. The number of halogens is 1. The molecule has 0 aliphatic carbocycles. The number of aromatic nitrogens is 2. The smallest absolute Gasteiger partial charge is 0.217 e. The molecule has 0 radical (unpaired) electrons. The third-order valence-corrected chi connectivity index (χ3v) is 2.55. The molecule has 4 heteroatoms. The van der Waals surface area contributed by atoms with Crippen LogP contribution >= 0.6 is 15.9 Å². The first kappa shape index (κ1) is 14.2. The Morgan fingerprint density at radius 3 is 2.71 bits per heavy atom. The summed E-state index contributed by atoms with van der Waals surface area (Å²) in [6.45, 7) is 10.6. The van der Waals surface area contributed by atoms with Gasteiger partial charge in [0.15, 0.2) is 0 Å². The Balaban J connectivity index is 2.72. The zero-order valence-electron chi connectivity index (χ0n) is 10.7. The van der Waals surface area contributed by atoms with E-state index in [0.29, 0.717) is 12.5 Å². The third kappa shape index (κ3) is 4.86. The van der Waals surface area contributed by atoms with Crippen molar-refractivity contribution in [1.82, 2.24) is 9.97 Å². The van der Waals surface area contributed by atoms with Gasteiger partial charge in [-0.25, -0.2) is 4.98 Å². The predicted octanol–water partition coefficient (Wildman–Crippen LogP) is 3.88. The summed E-state index contributed by atoms with van der Waals surface area (Å²) in [5.74, 6) is 1.41. The molecule has 1 heterocycles. The SMILES string of the molecule is C=CCCCOc1cc(Br)nc(C(C)(C)C)n1. The van der Waals surface area contributed by atoms with Crippen LogP contribution in [0.4, 0.5) is 0 Å². The minimum absolute atomic E-state index is 0.0804. The average molecular weight is 299 g/mol. The molecule has 94 valence electrons. The van der Waals surface area contributed by atoms with Crippen molar-refractivity contribution in [1.29, 1.82) is 0 Å². The Morgan fingerprint density at radius 2 is 2.12 bits per heavy atom. The number of nitrogens with zero attached hydrogens (tertiary/aromatic N) is 2. The van der Waals surface area contributed by atoms with Crippen molar-refractivity contribution < 1.29 is 4.74 Å². The van der Waals surface area contributed by atoms with Gasteiger partial charge in [0.25, 0.3) is 0 Å². The van der Waals surface area contributed by atoms with Crippen LogP contribution in [-0.4, -0.2) is 16.6 Å². The molecule has 17 heavy (non-hydrogen) atoms. The summed E-state index contributed by atoms with van der Waals surface area (Å²) >= 11 is 3.38. The second-order valence-corrected chi connectivity index (χ2v) is 5.69. The topological polar surface area (TPSA) is 35.0 Å². The van der Waals surface area contributed by atoms with E-state index < -0.39 is 0 Å². The predicted molar refractivity (Wildman–Crippen MR) is 73.4 cm³/mol. The Bertz CT molecular complexity index is 385. The molecule has 0 aromatic carbocycles. The molecule has 0 N–H and O–H groups in total. The number of allylic oxidation sites excluding steroid dienone is 1. The molecule has 0 atom stereocenters. The first-order chi connectivity index (χ1) is 7.93. The number of hydrogen-bond acceptors (Lipinski definition) is 3. The summed E-state index contributed by atoms with van der Waals surface area (Å²) in [6.07, 6.45) is 3.80. The molecule has 0 unspecified atom stereocenters. The maximum atomic E-state index is 5.60. The molecule has 0 aliphatic rings. The van der Waals surface area contributed by atoms with Gasteiger partial charge in [0.2, 0.25) is 5.88 Å². The molecule has 1 rings (SSSR count). The van der Waals surface area contributed by atoms with Crippen molar-refractivity contribution in [3.8, 4) is 5.88 Å². The van der Waals surface area contributed by atoms with Crippen LogP contribution in [0.1, 0.15) is 39.4 Å². The third-order valence-electron chi connectivity index (χ3n) is 2.14. The van der Waals surface area contributed by atoms with E-state index in [0.717, 1.165) is 23.3 Å². The van der Waals surface area contributed by atoms with Gasteiger partial charge in [-0.2, -0.15) is 4.98 Å². The Morgan fingerprint density at radius 1 is 1.41 bits per heavy atom. The standard InChI is InChI=1S/C13H19BrN2O/c1-5-6-7-8-17-11-9-10(14)15-12(16-11)13(2,3)4/h5,9H,1,6-8H2,2-4H3. The molecular weight excluding hydrogens is 280 g/mol. The second kappa shape index (κ2) is 6.15. The highest BCUT2D eigenvalue weighted by Crippen LogP contribution is 2.23. The van der Waals surface area contributed by atoms with Crippen LogP contribution in [0.3, 0.4) is 0 Å². The molecule has 1 aromatic heterocycles. The van der Waals surface area contributed by atoms with E-state index in [2.05, 4.69) is 53.2 Å². The zero-order chi connectivity index (χ0) is 12.9. The van der Waals surface area contributed by atoms with Crippen molar-refractivity contribution >= 4 is 15.9 Å². The highest BCUT2D eigenvalue weighted by molar-refractivity contribution is 9.10. The summed E-state index contributed by atoms with van der Waals surface area (Å²) in [7, 11) is 0. The minimum atomic E-state index is -0.0804. The molecule has 0 fully saturated rings. The quantitative estimate of drug-likeness (QED) is 0.470. The van der Waals surface area contributed by atoms with Gasteiger partial charge < -0.3 is 4.74 Å². The van der Waals surface area contributed by atoms with E-state index in [1.54, 1.807) is 6.07 Å². The van der Waals surface area contributed by atoms with E-state index in [1.807, 2.05) is 6.08 Å². The maximum absolute atomic E-state index is 5.60. The van der Waals surface area contributed by atoms with Crippen LogP contribution in [0.2, 0.25) is 0 Å². The molecule has 0 saturated carbocycles. The van der Waals surface area contributed by atoms with Crippen molar-refractivity contribution in [3.63, 3.8) is 0 Å². The highest BCUT2D eigenvalue weighted by atomic mass is 79.9. The number of unbranched alkanes of at least 4 members (excludes halogenated alkanes) is 1. The largest absolute Gasteiger partial charge is 0.478 e. The van der Waals surface area contributed by atoms with Gasteiger partial charge in [-0.3, -0.25) is 0 Å². The number of rotatable bonds is 5. The van der Waals surface area contributed by atoms with Crippen LogP contribution in [-0.2, 0) is 5.41 Å². The Labute approximate surface area is 111 Å². The summed E-state index contributed by atoms with van der Waals surface area (Å²) in [6, 6.07) is 1.79. The summed E-state index contributed by atoms with van der Waals surface area (Å²) in [5.41, 5.74) is -0.0804. The zero-order valence-corrected chi connectivity index (χ0v) is 12.2. The maximum Gasteiger partial charge on any atom is 0.217 e. The van der Waals surface area contributed by atoms with E-state index in [4.69, 9.17) is 4.74 Å². The van der Waals surface area contributed by atoms with Gasteiger partial charge in [0, 0.05) is 11.5 Å². The van der Waals surface area contributed by atoms with E-state index >= 15 is 0 Å². The van der Waals surface area contributed by atoms with E-state index in [9.17, 15) is 0 Å². The van der Waals surface area contributed by atoms with Gasteiger partial charge in [0.05, 0.1) is 6.61 Å². The lowest BCUT2D eigenvalue weighted by atomic mass is 9.96. The van der Waals surface area contributed by atoms with E-state index in [1.165, 1.54) is 0 Å². The van der Waals surface area contributed by atoms with Crippen molar-refractivity contribution in [2.75, 3.05) is 6.61 Å². The normalized spacial score (nSPS) is 11.3. The minimum Gasteiger partial charge on any atom is -0.478 e. The Hall–Kier alpha value is -0.900. The summed E-state index contributed by atoms with van der Waals surface area (Å²) in [5, 5.41) is 0. The van der Waals surface area contributed by atoms with Crippen molar-refractivity contribution in [2.24, 2.45) is 0 Å². The molecule has 0 bridgehead atoms. The fourth-order valence-electron chi connectivity index (χ4n) is 1.21. The van der Waals surface area contributed by atoms with Gasteiger partial charge in [-0.1, -0.05) is 26.8 Å². The fourth-order valence-corrected chi connectivity index (χ4v) is 1.57. The van der Waals surface area contributed by atoms with E-state index in [-0.39, 0.29) is 5.41 Å². The summed E-state index contributed by atoms with van der Waals surface area (Å²) in [4.78, 5) is 8.77. The van der Waals surface area contributed by atoms with Crippen molar-refractivity contribution in [2.45, 2.75) is 39.0 Å². The van der Waals surface area contributed by atoms with Crippen LogP contribution in [0.25, 0.3) is 0 Å².